The number of nitrogens with zero attached hydrogens (tertiary/aromatic N) is 2. The first-order chi connectivity index (χ1) is 12.8. The number of carbonyl (C=O) groups excluding carboxylic acids is 1. The zero-order chi connectivity index (χ0) is 20.0. The van der Waals surface area contributed by atoms with E-state index >= 15 is 0 Å². The van der Waals surface area contributed by atoms with E-state index in [0.29, 0.717) is 50.1 Å². The maximum absolute atomic E-state index is 12.9. The molecular weight excluding hydrogens is 370 g/mol. The molecule has 1 saturated heterocycles. The molecule has 0 unspecified atom stereocenters. The molecule has 1 fully saturated rings. The van der Waals surface area contributed by atoms with E-state index in [9.17, 15) is 13.2 Å². The van der Waals surface area contributed by atoms with Crippen molar-refractivity contribution in [1.29, 1.82) is 0 Å². The normalized spacial score (nSPS) is 16.3. The van der Waals surface area contributed by atoms with E-state index < -0.39 is 10.0 Å². The highest BCUT2D eigenvalue weighted by molar-refractivity contribution is 7.89. The van der Waals surface area contributed by atoms with Gasteiger partial charge in [0.05, 0.1) is 25.7 Å². The molecule has 0 aliphatic carbocycles. The van der Waals surface area contributed by atoms with E-state index in [0.717, 1.165) is 0 Å². The molecule has 1 aromatic rings. The average molecular weight is 400 g/mol. The predicted octanol–water partition coefficient (Wildman–Crippen LogP) is 0.782. The maximum atomic E-state index is 12.9. The second-order valence-corrected chi connectivity index (χ2v) is 8.83. The van der Waals surface area contributed by atoms with Crippen molar-refractivity contribution in [3.8, 4) is 11.5 Å². The largest absolute Gasteiger partial charge is 0.493 e. The number of hydrogen-bond donors (Lipinski definition) is 1. The number of carbonyl (C=O) groups is 1. The third kappa shape index (κ3) is 5.57. The standard InChI is InChI=1S/C18H29N3O5S/c1-14(2)12-19-18(22)13-20-7-9-21(10-8-20)27(23,24)15-5-6-16(25-3)17(11-15)26-4/h5-6,11,14H,7-10,12-13H2,1-4H3,(H,19,22). The molecule has 27 heavy (non-hydrogen) atoms. The zero-order valence-electron chi connectivity index (χ0n) is 16.4. The van der Waals surface area contributed by atoms with Gasteiger partial charge in [0.2, 0.25) is 15.9 Å². The molecule has 2 rings (SSSR count). The summed E-state index contributed by atoms with van der Waals surface area (Å²) in [5, 5.41) is 2.88. The molecule has 0 spiro atoms. The Hall–Kier alpha value is -1.84. The second-order valence-electron chi connectivity index (χ2n) is 6.89. The van der Waals surface area contributed by atoms with E-state index in [-0.39, 0.29) is 17.3 Å². The second kappa shape index (κ2) is 9.38. The fourth-order valence-electron chi connectivity index (χ4n) is 2.83. The summed E-state index contributed by atoms with van der Waals surface area (Å²) in [6.45, 7) is 6.73. The molecule has 0 bridgehead atoms. The van der Waals surface area contributed by atoms with Gasteiger partial charge >= 0.3 is 0 Å². The average Bonchev–Trinajstić information content (AvgIpc) is 2.66. The van der Waals surface area contributed by atoms with Crippen molar-refractivity contribution in [1.82, 2.24) is 14.5 Å². The molecule has 1 N–H and O–H groups in total. The lowest BCUT2D eigenvalue weighted by Gasteiger charge is -2.33. The molecular formula is C18H29N3O5S. The lowest BCUT2D eigenvalue weighted by molar-refractivity contribution is -0.122. The minimum Gasteiger partial charge on any atom is -0.493 e. The Labute approximate surface area is 161 Å². The molecule has 0 saturated carbocycles. The van der Waals surface area contributed by atoms with Gasteiger partial charge in [-0.15, -0.1) is 0 Å². The minimum atomic E-state index is -3.62. The Kier molecular flexibility index (Phi) is 7.46. The van der Waals surface area contributed by atoms with Crippen LogP contribution in [0.4, 0.5) is 0 Å². The molecule has 1 aliphatic heterocycles. The lowest BCUT2D eigenvalue weighted by Crippen LogP contribution is -2.51. The monoisotopic (exact) mass is 399 g/mol. The molecule has 1 aliphatic rings. The molecule has 1 heterocycles. The van der Waals surface area contributed by atoms with Crippen molar-refractivity contribution in [3.05, 3.63) is 18.2 Å². The number of methoxy groups -OCH3 is 2. The first-order valence-electron chi connectivity index (χ1n) is 8.99. The van der Waals surface area contributed by atoms with Crippen LogP contribution >= 0.6 is 0 Å². The third-order valence-electron chi connectivity index (χ3n) is 4.40. The summed E-state index contributed by atoms with van der Waals surface area (Å²) in [7, 11) is -0.650. The predicted molar refractivity (Wildman–Crippen MR) is 103 cm³/mol. The molecule has 1 amide bonds. The molecule has 152 valence electrons. The zero-order valence-corrected chi connectivity index (χ0v) is 17.2. The van der Waals surface area contributed by atoms with Crippen LogP contribution in [0.1, 0.15) is 13.8 Å². The summed E-state index contributed by atoms with van der Waals surface area (Å²) in [6.07, 6.45) is 0. The maximum Gasteiger partial charge on any atom is 0.243 e. The fourth-order valence-corrected chi connectivity index (χ4v) is 4.27. The summed E-state index contributed by atoms with van der Waals surface area (Å²) in [6, 6.07) is 4.57. The Morgan fingerprint density at radius 3 is 2.30 bits per heavy atom. The van der Waals surface area contributed by atoms with E-state index in [2.05, 4.69) is 5.32 Å². The summed E-state index contributed by atoms with van der Waals surface area (Å²) >= 11 is 0. The molecule has 0 radical (unpaired) electrons. The number of rotatable bonds is 8. The Morgan fingerprint density at radius 1 is 1.11 bits per heavy atom. The smallest absolute Gasteiger partial charge is 0.243 e. The van der Waals surface area contributed by atoms with Crippen LogP contribution in [-0.2, 0) is 14.8 Å². The van der Waals surface area contributed by atoms with Crippen LogP contribution in [0, 0.1) is 5.92 Å². The first-order valence-corrected chi connectivity index (χ1v) is 10.4. The number of piperazine rings is 1. The molecule has 0 aromatic heterocycles. The lowest BCUT2D eigenvalue weighted by atomic mass is 10.2. The Morgan fingerprint density at radius 2 is 1.74 bits per heavy atom. The number of sulfonamides is 1. The van der Waals surface area contributed by atoms with Crippen LogP contribution in [0.3, 0.4) is 0 Å². The minimum absolute atomic E-state index is 0.0279. The third-order valence-corrected chi connectivity index (χ3v) is 6.29. The summed E-state index contributed by atoms with van der Waals surface area (Å²) in [5.41, 5.74) is 0. The first kappa shape index (κ1) is 21.5. The topological polar surface area (TPSA) is 88.2 Å². The molecule has 1 aromatic carbocycles. The van der Waals surface area contributed by atoms with Crippen molar-refractivity contribution < 1.29 is 22.7 Å². The van der Waals surface area contributed by atoms with E-state index in [4.69, 9.17) is 9.47 Å². The van der Waals surface area contributed by atoms with Crippen LogP contribution in [0.5, 0.6) is 11.5 Å². The highest BCUT2D eigenvalue weighted by atomic mass is 32.2. The van der Waals surface area contributed by atoms with Crippen LogP contribution in [0.25, 0.3) is 0 Å². The van der Waals surface area contributed by atoms with Crippen LogP contribution in [0.2, 0.25) is 0 Å². The quantitative estimate of drug-likeness (QED) is 0.695. The van der Waals surface area contributed by atoms with Crippen LogP contribution < -0.4 is 14.8 Å². The van der Waals surface area contributed by atoms with Crippen molar-refractivity contribution in [2.45, 2.75) is 18.7 Å². The highest BCUT2D eigenvalue weighted by Crippen LogP contribution is 2.30. The number of nitrogens with one attached hydrogen (secondary N) is 1. The van der Waals surface area contributed by atoms with Gasteiger partial charge in [0.15, 0.2) is 11.5 Å². The number of benzene rings is 1. The van der Waals surface area contributed by atoms with Gasteiger partial charge in [-0.05, 0) is 18.1 Å². The molecule has 0 atom stereocenters. The number of amides is 1. The Bertz CT molecular complexity index is 743. The van der Waals surface area contributed by atoms with Crippen molar-refractivity contribution in [2.75, 3.05) is 53.5 Å². The van der Waals surface area contributed by atoms with Gasteiger partial charge in [0.25, 0.3) is 0 Å². The molecule has 9 heteroatoms. The molecule has 8 nitrogen and oxygen atoms in total. The highest BCUT2D eigenvalue weighted by Gasteiger charge is 2.29. The van der Waals surface area contributed by atoms with Gasteiger partial charge in [0.1, 0.15) is 0 Å². The van der Waals surface area contributed by atoms with Gasteiger partial charge in [0, 0.05) is 38.8 Å². The fraction of sp³-hybridized carbons (Fsp3) is 0.611. The van der Waals surface area contributed by atoms with E-state index in [1.54, 1.807) is 6.07 Å². The van der Waals surface area contributed by atoms with Gasteiger partial charge in [-0.25, -0.2) is 8.42 Å². The van der Waals surface area contributed by atoms with E-state index in [1.807, 2.05) is 18.7 Å². The van der Waals surface area contributed by atoms with Crippen molar-refractivity contribution >= 4 is 15.9 Å². The van der Waals surface area contributed by atoms with Gasteiger partial charge < -0.3 is 14.8 Å². The van der Waals surface area contributed by atoms with E-state index in [1.165, 1.54) is 30.7 Å². The number of ether oxygens (including phenoxy) is 2. The van der Waals surface area contributed by atoms with Crippen LogP contribution in [0.15, 0.2) is 23.1 Å². The summed E-state index contributed by atoms with van der Waals surface area (Å²) < 4.78 is 37.6. The SMILES string of the molecule is COc1ccc(S(=O)(=O)N2CCN(CC(=O)NCC(C)C)CC2)cc1OC. The van der Waals surface area contributed by atoms with Crippen molar-refractivity contribution in [2.24, 2.45) is 5.92 Å². The van der Waals surface area contributed by atoms with Crippen molar-refractivity contribution in [3.63, 3.8) is 0 Å². The van der Waals surface area contributed by atoms with Gasteiger partial charge in [-0.2, -0.15) is 4.31 Å². The Balaban J connectivity index is 1.97. The summed E-state index contributed by atoms with van der Waals surface area (Å²) in [4.78, 5) is 14.1. The van der Waals surface area contributed by atoms with Gasteiger partial charge in [-0.3, -0.25) is 9.69 Å². The van der Waals surface area contributed by atoms with Crippen LogP contribution in [-0.4, -0.2) is 77.0 Å². The number of hydrogen-bond acceptors (Lipinski definition) is 6. The summed E-state index contributed by atoms with van der Waals surface area (Å²) in [5.74, 6) is 1.23. The van der Waals surface area contributed by atoms with Gasteiger partial charge in [-0.1, -0.05) is 13.8 Å².